The lowest BCUT2D eigenvalue weighted by Gasteiger charge is -2.16. The van der Waals surface area contributed by atoms with Crippen molar-refractivity contribution in [1.29, 1.82) is 0 Å². The average Bonchev–Trinajstić information content (AvgIpc) is 2.60. The standard InChI is InChI=1S/C21H22BrNO3/c1-14(2)18-9-4-5-10-19(18)23-21(25)15(3)26-20(24)12-11-16-7-6-8-17(22)13-16/h4-15H,1-3H3,(H,23,25)/b12-11+/t15-/m1/s1. The third-order valence-corrected chi connectivity index (χ3v) is 4.26. The van der Waals surface area contributed by atoms with E-state index in [1.807, 2.05) is 48.5 Å². The highest BCUT2D eigenvalue weighted by Gasteiger charge is 2.18. The number of benzene rings is 2. The van der Waals surface area contributed by atoms with E-state index in [-0.39, 0.29) is 11.8 Å². The van der Waals surface area contributed by atoms with Crippen LogP contribution in [0.25, 0.3) is 6.08 Å². The number of carbonyl (C=O) groups excluding carboxylic acids is 2. The SMILES string of the molecule is CC(C)c1ccccc1NC(=O)[C@@H](C)OC(=O)/C=C/c1cccc(Br)c1. The summed E-state index contributed by atoms with van der Waals surface area (Å²) >= 11 is 3.37. The van der Waals surface area contributed by atoms with Crippen molar-refractivity contribution >= 4 is 39.6 Å². The first-order valence-electron chi connectivity index (χ1n) is 8.41. The molecule has 0 radical (unpaired) electrons. The highest BCUT2D eigenvalue weighted by atomic mass is 79.9. The molecule has 2 rings (SSSR count). The highest BCUT2D eigenvalue weighted by Crippen LogP contribution is 2.23. The van der Waals surface area contributed by atoms with Crippen LogP contribution in [0.15, 0.2) is 59.1 Å². The van der Waals surface area contributed by atoms with Crippen LogP contribution in [0.1, 0.15) is 37.8 Å². The van der Waals surface area contributed by atoms with E-state index >= 15 is 0 Å². The number of nitrogens with one attached hydrogen (secondary N) is 1. The Bertz CT molecular complexity index is 814. The largest absolute Gasteiger partial charge is 0.449 e. The van der Waals surface area contributed by atoms with Crippen LogP contribution in [0.3, 0.4) is 0 Å². The Morgan fingerprint density at radius 2 is 1.81 bits per heavy atom. The molecule has 0 saturated heterocycles. The summed E-state index contributed by atoms with van der Waals surface area (Å²) in [5, 5.41) is 2.83. The van der Waals surface area contributed by atoms with E-state index in [1.165, 1.54) is 6.08 Å². The topological polar surface area (TPSA) is 55.4 Å². The van der Waals surface area contributed by atoms with E-state index in [9.17, 15) is 9.59 Å². The Morgan fingerprint density at radius 3 is 2.50 bits per heavy atom. The molecular formula is C21H22BrNO3. The predicted molar refractivity (Wildman–Crippen MR) is 108 cm³/mol. The first-order valence-corrected chi connectivity index (χ1v) is 9.20. The van der Waals surface area contributed by atoms with Gasteiger partial charge in [0.1, 0.15) is 0 Å². The second-order valence-electron chi connectivity index (χ2n) is 6.20. The Labute approximate surface area is 162 Å². The molecule has 2 aromatic rings. The van der Waals surface area contributed by atoms with E-state index in [4.69, 9.17) is 4.74 Å². The summed E-state index contributed by atoms with van der Waals surface area (Å²) in [6, 6.07) is 15.1. The molecule has 0 aliphatic carbocycles. The van der Waals surface area contributed by atoms with Crippen molar-refractivity contribution in [2.45, 2.75) is 32.8 Å². The molecule has 0 bridgehead atoms. The third kappa shape index (κ3) is 5.85. The Balaban J connectivity index is 1.95. The molecule has 0 aliphatic heterocycles. The number of amides is 1. The first kappa shape index (κ1) is 19.9. The lowest BCUT2D eigenvalue weighted by molar-refractivity contribution is -0.148. The Hall–Kier alpha value is -2.40. The van der Waals surface area contributed by atoms with Gasteiger partial charge in [0.25, 0.3) is 5.91 Å². The zero-order valence-electron chi connectivity index (χ0n) is 15.0. The maximum Gasteiger partial charge on any atom is 0.331 e. The van der Waals surface area contributed by atoms with Crippen molar-refractivity contribution in [1.82, 2.24) is 0 Å². The number of hydrogen-bond acceptors (Lipinski definition) is 3. The van der Waals surface area contributed by atoms with Crippen LogP contribution in [0.4, 0.5) is 5.69 Å². The molecule has 1 atom stereocenters. The molecule has 26 heavy (non-hydrogen) atoms. The lowest BCUT2D eigenvalue weighted by Crippen LogP contribution is -2.29. The molecule has 5 heteroatoms. The van der Waals surface area contributed by atoms with Crippen molar-refractivity contribution in [2.24, 2.45) is 0 Å². The van der Waals surface area contributed by atoms with Gasteiger partial charge in [-0.25, -0.2) is 4.79 Å². The summed E-state index contributed by atoms with van der Waals surface area (Å²) < 4.78 is 6.11. The minimum absolute atomic E-state index is 0.275. The summed E-state index contributed by atoms with van der Waals surface area (Å²) in [5.41, 5.74) is 2.63. The fourth-order valence-corrected chi connectivity index (χ4v) is 2.81. The maximum atomic E-state index is 12.3. The molecule has 136 valence electrons. The van der Waals surface area contributed by atoms with E-state index in [0.29, 0.717) is 0 Å². The van der Waals surface area contributed by atoms with Crippen LogP contribution >= 0.6 is 15.9 Å². The number of hydrogen-bond donors (Lipinski definition) is 1. The monoisotopic (exact) mass is 415 g/mol. The number of esters is 1. The number of para-hydroxylation sites is 1. The normalized spacial score (nSPS) is 12.2. The van der Waals surface area contributed by atoms with Crippen molar-refractivity contribution in [2.75, 3.05) is 5.32 Å². The summed E-state index contributed by atoms with van der Waals surface area (Å²) in [6.45, 7) is 5.67. The predicted octanol–water partition coefficient (Wildman–Crippen LogP) is 5.16. The smallest absolute Gasteiger partial charge is 0.331 e. The number of halogens is 1. The summed E-state index contributed by atoms with van der Waals surface area (Å²) in [6.07, 6.45) is 2.06. The number of ether oxygens (including phenoxy) is 1. The fourth-order valence-electron chi connectivity index (χ4n) is 2.39. The minimum atomic E-state index is -0.894. The Morgan fingerprint density at radius 1 is 1.08 bits per heavy atom. The van der Waals surface area contributed by atoms with Crippen LogP contribution < -0.4 is 5.32 Å². The first-order chi connectivity index (χ1) is 12.4. The zero-order valence-corrected chi connectivity index (χ0v) is 16.6. The van der Waals surface area contributed by atoms with Gasteiger partial charge >= 0.3 is 5.97 Å². The van der Waals surface area contributed by atoms with E-state index in [0.717, 1.165) is 21.3 Å². The van der Waals surface area contributed by atoms with Crippen LogP contribution in [-0.2, 0) is 14.3 Å². The molecule has 0 unspecified atom stereocenters. The molecule has 0 aromatic heterocycles. The number of carbonyl (C=O) groups is 2. The van der Waals surface area contributed by atoms with Crippen molar-refractivity contribution in [3.63, 3.8) is 0 Å². The zero-order chi connectivity index (χ0) is 19.1. The number of anilines is 1. The van der Waals surface area contributed by atoms with E-state index < -0.39 is 12.1 Å². The third-order valence-electron chi connectivity index (χ3n) is 3.76. The van der Waals surface area contributed by atoms with Crippen LogP contribution in [-0.4, -0.2) is 18.0 Å². The van der Waals surface area contributed by atoms with Gasteiger partial charge in [-0.15, -0.1) is 0 Å². The van der Waals surface area contributed by atoms with Gasteiger partial charge in [0.15, 0.2) is 6.10 Å². The highest BCUT2D eigenvalue weighted by molar-refractivity contribution is 9.10. The molecule has 4 nitrogen and oxygen atoms in total. The average molecular weight is 416 g/mol. The van der Waals surface area contributed by atoms with E-state index in [1.54, 1.807) is 13.0 Å². The van der Waals surface area contributed by atoms with E-state index in [2.05, 4.69) is 35.1 Å². The molecule has 0 aliphatic rings. The fraction of sp³-hybridized carbons (Fsp3) is 0.238. The van der Waals surface area contributed by atoms with Gasteiger partial charge < -0.3 is 10.1 Å². The molecule has 1 amide bonds. The van der Waals surface area contributed by atoms with Crippen molar-refractivity contribution < 1.29 is 14.3 Å². The molecule has 0 saturated carbocycles. The van der Waals surface area contributed by atoms with Gasteiger partial charge in [0.05, 0.1) is 0 Å². The maximum absolute atomic E-state index is 12.3. The molecule has 1 N–H and O–H groups in total. The molecular weight excluding hydrogens is 394 g/mol. The summed E-state index contributed by atoms with van der Waals surface area (Å²) in [4.78, 5) is 24.3. The van der Waals surface area contributed by atoms with Crippen molar-refractivity contribution in [3.05, 3.63) is 70.2 Å². The van der Waals surface area contributed by atoms with Crippen LogP contribution in [0.2, 0.25) is 0 Å². The van der Waals surface area contributed by atoms with Gasteiger partial charge in [-0.2, -0.15) is 0 Å². The van der Waals surface area contributed by atoms with Crippen LogP contribution in [0.5, 0.6) is 0 Å². The quantitative estimate of drug-likeness (QED) is 0.523. The van der Waals surface area contributed by atoms with Gasteiger partial charge in [0.2, 0.25) is 0 Å². The molecule has 0 fully saturated rings. The van der Waals surface area contributed by atoms with Crippen LogP contribution in [0, 0.1) is 0 Å². The number of rotatable bonds is 6. The molecule has 0 spiro atoms. The molecule has 0 heterocycles. The Kier molecular flexibility index (Phi) is 7.16. The second-order valence-corrected chi connectivity index (χ2v) is 7.11. The van der Waals surface area contributed by atoms with Gasteiger partial charge in [-0.05, 0) is 48.2 Å². The van der Waals surface area contributed by atoms with Gasteiger partial charge in [0, 0.05) is 16.2 Å². The molecule has 2 aromatic carbocycles. The second kappa shape index (κ2) is 9.34. The summed E-state index contributed by atoms with van der Waals surface area (Å²) in [7, 11) is 0. The van der Waals surface area contributed by atoms with Gasteiger partial charge in [-0.3, -0.25) is 4.79 Å². The summed E-state index contributed by atoms with van der Waals surface area (Å²) in [5.74, 6) is -0.649. The minimum Gasteiger partial charge on any atom is -0.449 e. The van der Waals surface area contributed by atoms with Gasteiger partial charge in [-0.1, -0.05) is 60.1 Å². The van der Waals surface area contributed by atoms with Crippen molar-refractivity contribution in [3.8, 4) is 0 Å². The lowest BCUT2D eigenvalue weighted by atomic mass is 10.0.